The summed E-state index contributed by atoms with van der Waals surface area (Å²) in [6.45, 7) is 2.49. The highest BCUT2D eigenvalue weighted by atomic mass is 79.9. The van der Waals surface area contributed by atoms with Crippen LogP contribution in [0.5, 0.6) is 0 Å². The van der Waals surface area contributed by atoms with E-state index in [2.05, 4.69) is 60.4 Å². The molecule has 2 aromatic heterocycles. The Hall–Kier alpha value is -2.40. The van der Waals surface area contributed by atoms with Crippen molar-refractivity contribution in [3.05, 3.63) is 83.2 Å². The normalized spacial score (nSPS) is 10.4. The first-order valence-electron chi connectivity index (χ1n) is 7.86. The van der Waals surface area contributed by atoms with Gasteiger partial charge >= 0.3 is 0 Å². The molecule has 0 aliphatic carbocycles. The molecular formula is C19H19BrN4. The molecule has 3 aromatic rings. The van der Waals surface area contributed by atoms with Gasteiger partial charge in [-0.3, -0.25) is 4.98 Å². The quantitative estimate of drug-likeness (QED) is 0.658. The highest BCUT2D eigenvalue weighted by Gasteiger charge is 2.08. The van der Waals surface area contributed by atoms with E-state index in [1.807, 2.05) is 36.5 Å². The molecule has 0 spiro atoms. The number of anilines is 2. The fourth-order valence-corrected chi connectivity index (χ4v) is 2.85. The largest absolute Gasteiger partial charge is 0.382 e. The fraction of sp³-hybridized carbons (Fsp3) is 0.158. The molecule has 0 atom stereocenters. The summed E-state index contributed by atoms with van der Waals surface area (Å²) in [6, 6.07) is 18.4. The molecule has 0 saturated carbocycles. The SMILES string of the molecule is Brc1cnccc1NCCN(Cc1ccccc1)c1ccccn1. The van der Waals surface area contributed by atoms with E-state index in [-0.39, 0.29) is 0 Å². The van der Waals surface area contributed by atoms with Crippen LogP contribution in [0.15, 0.2) is 77.7 Å². The van der Waals surface area contributed by atoms with Gasteiger partial charge in [-0.25, -0.2) is 4.98 Å². The number of hydrogen-bond donors (Lipinski definition) is 1. The lowest BCUT2D eigenvalue weighted by Crippen LogP contribution is -2.29. The minimum absolute atomic E-state index is 0.812. The molecule has 1 N–H and O–H groups in total. The molecule has 0 unspecified atom stereocenters. The van der Waals surface area contributed by atoms with Gasteiger partial charge in [-0.05, 0) is 39.7 Å². The van der Waals surface area contributed by atoms with Crippen molar-refractivity contribution in [2.24, 2.45) is 0 Å². The molecule has 0 aliphatic heterocycles. The van der Waals surface area contributed by atoms with Gasteiger partial charge in [0.15, 0.2) is 0 Å². The molecule has 0 radical (unpaired) electrons. The number of nitrogens with zero attached hydrogens (tertiary/aromatic N) is 3. The highest BCUT2D eigenvalue weighted by molar-refractivity contribution is 9.10. The Morgan fingerprint density at radius 3 is 2.54 bits per heavy atom. The number of rotatable bonds is 7. The van der Waals surface area contributed by atoms with Crippen LogP contribution in [0.2, 0.25) is 0 Å². The second-order valence-corrected chi connectivity index (χ2v) is 6.23. The summed E-state index contributed by atoms with van der Waals surface area (Å²) in [5, 5.41) is 3.44. The zero-order valence-electron chi connectivity index (χ0n) is 13.3. The Morgan fingerprint density at radius 2 is 1.79 bits per heavy atom. The van der Waals surface area contributed by atoms with Crippen molar-refractivity contribution in [3.63, 3.8) is 0 Å². The summed E-state index contributed by atoms with van der Waals surface area (Å²) in [7, 11) is 0. The molecule has 1 aromatic carbocycles. The lowest BCUT2D eigenvalue weighted by atomic mass is 10.2. The third-order valence-electron chi connectivity index (χ3n) is 3.66. The van der Waals surface area contributed by atoms with Gasteiger partial charge in [-0.15, -0.1) is 0 Å². The predicted octanol–water partition coefficient (Wildman–Crippen LogP) is 4.36. The minimum atomic E-state index is 0.812. The van der Waals surface area contributed by atoms with Crippen molar-refractivity contribution in [2.75, 3.05) is 23.3 Å². The second kappa shape index (κ2) is 8.45. The first-order chi connectivity index (χ1) is 11.8. The second-order valence-electron chi connectivity index (χ2n) is 5.38. The number of pyridine rings is 2. The van der Waals surface area contributed by atoms with Gasteiger partial charge < -0.3 is 10.2 Å². The van der Waals surface area contributed by atoms with Crippen LogP contribution in [0.1, 0.15) is 5.56 Å². The molecule has 122 valence electrons. The first-order valence-corrected chi connectivity index (χ1v) is 8.65. The number of hydrogen-bond acceptors (Lipinski definition) is 4. The maximum absolute atomic E-state index is 4.50. The van der Waals surface area contributed by atoms with Gasteiger partial charge in [0.1, 0.15) is 5.82 Å². The van der Waals surface area contributed by atoms with Crippen LogP contribution in [0.25, 0.3) is 0 Å². The zero-order valence-corrected chi connectivity index (χ0v) is 14.9. The third kappa shape index (κ3) is 4.55. The molecule has 0 bridgehead atoms. The van der Waals surface area contributed by atoms with E-state index < -0.39 is 0 Å². The van der Waals surface area contributed by atoms with E-state index in [1.165, 1.54) is 5.56 Å². The van der Waals surface area contributed by atoms with Crippen LogP contribution in [-0.4, -0.2) is 23.1 Å². The molecule has 0 saturated heterocycles. The lowest BCUT2D eigenvalue weighted by Gasteiger charge is -2.24. The lowest BCUT2D eigenvalue weighted by molar-refractivity contribution is 0.790. The van der Waals surface area contributed by atoms with Crippen LogP contribution >= 0.6 is 15.9 Å². The van der Waals surface area contributed by atoms with Gasteiger partial charge in [0.25, 0.3) is 0 Å². The molecule has 2 heterocycles. The molecule has 0 amide bonds. The Kier molecular flexibility index (Phi) is 5.80. The van der Waals surface area contributed by atoms with Crippen molar-refractivity contribution < 1.29 is 0 Å². The predicted molar refractivity (Wildman–Crippen MR) is 102 cm³/mol. The summed E-state index contributed by atoms with van der Waals surface area (Å²) in [6.07, 6.45) is 5.41. The average molecular weight is 383 g/mol. The summed E-state index contributed by atoms with van der Waals surface area (Å²) in [5.41, 5.74) is 2.32. The van der Waals surface area contributed by atoms with Gasteiger partial charge in [0, 0.05) is 38.2 Å². The van der Waals surface area contributed by atoms with E-state index in [0.29, 0.717) is 0 Å². The number of aromatic nitrogens is 2. The molecule has 4 nitrogen and oxygen atoms in total. The van der Waals surface area contributed by atoms with E-state index in [0.717, 1.165) is 35.6 Å². The molecule has 5 heteroatoms. The van der Waals surface area contributed by atoms with Crippen molar-refractivity contribution in [2.45, 2.75) is 6.54 Å². The van der Waals surface area contributed by atoms with Crippen LogP contribution < -0.4 is 10.2 Å². The smallest absolute Gasteiger partial charge is 0.128 e. The zero-order chi connectivity index (χ0) is 16.6. The van der Waals surface area contributed by atoms with Gasteiger partial charge in [-0.2, -0.15) is 0 Å². The molecule has 0 aliphatic rings. The van der Waals surface area contributed by atoms with Crippen LogP contribution in [-0.2, 0) is 6.54 Å². The molecular weight excluding hydrogens is 364 g/mol. The fourth-order valence-electron chi connectivity index (χ4n) is 2.46. The number of nitrogens with one attached hydrogen (secondary N) is 1. The standard InChI is InChI=1S/C19H19BrN4/c20-17-14-21-11-9-18(17)22-12-13-24(19-8-4-5-10-23-19)15-16-6-2-1-3-7-16/h1-11,14H,12-13,15H2,(H,21,22). The highest BCUT2D eigenvalue weighted by Crippen LogP contribution is 2.20. The number of benzene rings is 1. The van der Waals surface area contributed by atoms with Crippen LogP contribution in [0.3, 0.4) is 0 Å². The third-order valence-corrected chi connectivity index (χ3v) is 4.29. The number of halogens is 1. The van der Waals surface area contributed by atoms with Crippen molar-refractivity contribution in [1.29, 1.82) is 0 Å². The Morgan fingerprint density at radius 1 is 0.958 bits per heavy atom. The van der Waals surface area contributed by atoms with E-state index in [1.54, 1.807) is 12.4 Å². The van der Waals surface area contributed by atoms with E-state index in [4.69, 9.17) is 0 Å². The Labute approximate surface area is 150 Å². The van der Waals surface area contributed by atoms with Crippen molar-refractivity contribution in [1.82, 2.24) is 9.97 Å². The topological polar surface area (TPSA) is 41.1 Å². The molecule has 0 fully saturated rings. The van der Waals surface area contributed by atoms with Gasteiger partial charge in [0.2, 0.25) is 0 Å². The molecule has 3 rings (SSSR count). The summed E-state index contributed by atoms with van der Waals surface area (Å²) in [4.78, 5) is 10.9. The maximum atomic E-state index is 4.50. The summed E-state index contributed by atoms with van der Waals surface area (Å²) in [5.74, 6) is 0.983. The van der Waals surface area contributed by atoms with Gasteiger partial charge in [0.05, 0.1) is 10.2 Å². The Bertz CT molecular complexity index is 750. The van der Waals surface area contributed by atoms with Crippen LogP contribution in [0.4, 0.5) is 11.5 Å². The van der Waals surface area contributed by atoms with E-state index in [9.17, 15) is 0 Å². The van der Waals surface area contributed by atoms with Crippen LogP contribution in [0, 0.1) is 0 Å². The first kappa shape index (κ1) is 16.5. The monoisotopic (exact) mass is 382 g/mol. The average Bonchev–Trinajstić information content (AvgIpc) is 2.64. The minimum Gasteiger partial charge on any atom is -0.382 e. The Balaban J connectivity index is 1.67. The van der Waals surface area contributed by atoms with Gasteiger partial charge in [-0.1, -0.05) is 36.4 Å². The van der Waals surface area contributed by atoms with E-state index >= 15 is 0 Å². The van der Waals surface area contributed by atoms with Crippen molar-refractivity contribution >= 4 is 27.4 Å². The maximum Gasteiger partial charge on any atom is 0.128 e. The molecule has 24 heavy (non-hydrogen) atoms. The summed E-state index contributed by atoms with van der Waals surface area (Å²) >= 11 is 3.51. The summed E-state index contributed by atoms with van der Waals surface area (Å²) < 4.78 is 0.970. The van der Waals surface area contributed by atoms with Crippen molar-refractivity contribution in [3.8, 4) is 0 Å².